The average Bonchev–Trinajstić information content (AvgIpc) is 2.90. The van der Waals surface area contributed by atoms with E-state index in [-0.39, 0.29) is 11.1 Å². The molecule has 0 aliphatic rings. The summed E-state index contributed by atoms with van der Waals surface area (Å²) in [6.45, 7) is 31.0. The molecular weight excluding hydrogens is 512 g/mol. The molecule has 2 aromatic rings. The molecule has 0 saturated carbocycles. The summed E-state index contributed by atoms with van der Waals surface area (Å²) >= 11 is 0. The zero-order valence-electron chi connectivity index (χ0n) is 29.3. The molecule has 0 unspecified atom stereocenters. The van der Waals surface area contributed by atoms with E-state index < -0.39 is 0 Å². The van der Waals surface area contributed by atoms with Gasteiger partial charge < -0.3 is 10.6 Å². The summed E-state index contributed by atoms with van der Waals surface area (Å²) in [5.41, 5.74) is 9.98. The summed E-state index contributed by atoms with van der Waals surface area (Å²) in [4.78, 5) is 10.1. The maximum Gasteiger partial charge on any atom is 0.0696 e. The van der Waals surface area contributed by atoms with Crippen molar-refractivity contribution in [3.63, 3.8) is 0 Å². The van der Waals surface area contributed by atoms with Crippen LogP contribution in [0.15, 0.2) is 46.4 Å². The van der Waals surface area contributed by atoms with Crippen LogP contribution in [0.1, 0.15) is 149 Å². The number of unbranched alkanes of at least 4 members (excludes halogenated alkanes) is 2. The van der Waals surface area contributed by atoms with Crippen LogP contribution in [0.5, 0.6) is 0 Å². The number of rotatable bonds is 16. The lowest BCUT2D eigenvalue weighted by Crippen LogP contribution is -2.40. The largest absolute Gasteiger partial charge is 0.374 e. The lowest BCUT2D eigenvalue weighted by Gasteiger charge is -2.32. The van der Waals surface area contributed by atoms with Gasteiger partial charge in [-0.05, 0) is 107 Å². The molecule has 4 nitrogen and oxygen atoms in total. The zero-order chi connectivity index (χ0) is 31.7. The van der Waals surface area contributed by atoms with Gasteiger partial charge in [0.2, 0.25) is 0 Å². The van der Waals surface area contributed by atoms with Crippen molar-refractivity contribution in [3.05, 3.63) is 58.7 Å². The monoisotopic (exact) mass is 574 g/mol. The van der Waals surface area contributed by atoms with Crippen LogP contribution in [-0.2, 0) is 0 Å². The fraction of sp³-hybridized carbons (Fsp3) is 0.632. The standard InChI is InChI=1S/C38H62N4/c1-14-34(38(12,13)41-35-29(8)20-18-21-31(35)26(2)3)40-25-17-15-16-24-39-30(9)37(10,11)42-36-32(27(4)5)22-19-23-33(36)28(6)7/h18-23,26-28,41-42H,14-17,24-25H2,1-13H3. The van der Waals surface area contributed by atoms with Gasteiger partial charge in [0.15, 0.2) is 0 Å². The highest BCUT2D eigenvalue weighted by Gasteiger charge is 2.26. The van der Waals surface area contributed by atoms with E-state index in [1.54, 1.807) is 0 Å². The minimum absolute atomic E-state index is 0.186. The highest BCUT2D eigenvalue weighted by molar-refractivity contribution is 5.95. The third kappa shape index (κ3) is 9.71. The van der Waals surface area contributed by atoms with E-state index in [0.29, 0.717) is 17.8 Å². The Bertz CT molecular complexity index is 1170. The molecule has 42 heavy (non-hydrogen) atoms. The smallest absolute Gasteiger partial charge is 0.0696 e. The fourth-order valence-corrected chi connectivity index (χ4v) is 5.64. The normalized spacial score (nSPS) is 13.4. The number of aryl methyl sites for hydroxylation is 1. The minimum Gasteiger partial charge on any atom is -0.374 e. The Hall–Kier alpha value is -2.62. The molecule has 0 aliphatic heterocycles. The van der Waals surface area contributed by atoms with Gasteiger partial charge in [-0.1, -0.05) is 84.9 Å². The van der Waals surface area contributed by atoms with E-state index in [2.05, 4.69) is 137 Å². The van der Waals surface area contributed by atoms with E-state index in [9.17, 15) is 0 Å². The van der Waals surface area contributed by atoms with E-state index in [1.807, 2.05) is 0 Å². The topological polar surface area (TPSA) is 48.8 Å². The molecule has 2 rings (SSSR count). The van der Waals surface area contributed by atoms with Gasteiger partial charge in [0.05, 0.1) is 11.1 Å². The zero-order valence-corrected chi connectivity index (χ0v) is 29.3. The van der Waals surface area contributed by atoms with E-state index >= 15 is 0 Å². The Morgan fingerprint density at radius 2 is 1.12 bits per heavy atom. The predicted molar refractivity (Wildman–Crippen MR) is 190 cm³/mol. The van der Waals surface area contributed by atoms with Crippen LogP contribution in [0.2, 0.25) is 0 Å². The Morgan fingerprint density at radius 3 is 1.62 bits per heavy atom. The number of aliphatic imine (C=N–C) groups is 2. The van der Waals surface area contributed by atoms with Crippen molar-refractivity contribution in [2.75, 3.05) is 23.7 Å². The Kier molecular flexibility index (Phi) is 13.3. The lowest BCUT2D eigenvalue weighted by atomic mass is 9.90. The van der Waals surface area contributed by atoms with Crippen LogP contribution in [0.3, 0.4) is 0 Å². The molecule has 0 amide bonds. The van der Waals surface area contributed by atoms with Gasteiger partial charge in [-0.25, -0.2) is 0 Å². The van der Waals surface area contributed by atoms with Crippen molar-refractivity contribution in [1.82, 2.24) is 0 Å². The summed E-state index contributed by atoms with van der Waals surface area (Å²) in [5, 5.41) is 7.74. The molecule has 0 atom stereocenters. The molecule has 0 spiro atoms. The van der Waals surface area contributed by atoms with Crippen molar-refractivity contribution in [2.45, 2.75) is 145 Å². The predicted octanol–water partition coefficient (Wildman–Crippen LogP) is 10.9. The van der Waals surface area contributed by atoms with Crippen LogP contribution < -0.4 is 10.6 Å². The number of benzene rings is 2. The van der Waals surface area contributed by atoms with E-state index in [4.69, 9.17) is 9.98 Å². The molecule has 0 heterocycles. The maximum atomic E-state index is 5.09. The second-order valence-corrected chi connectivity index (χ2v) is 14.0. The lowest BCUT2D eigenvalue weighted by molar-refractivity contribution is 0.676. The molecule has 0 aromatic heterocycles. The van der Waals surface area contributed by atoms with Gasteiger partial charge >= 0.3 is 0 Å². The van der Waals surface area contributed by atoms with Gasteiger partial charge in [0.25, 0.3) is 0 Å². The third-order valence-corrected chi connectivity index (χ3v) is 8.60. The van der Waals surface area contributed by atoms with Gasteiger partial charge in [-0.3, -0.25) is 9.98 Å². The van der Waals surface area contributed by atoms with Gasteiger partial charge in [0.1, 0.15) is 0 Å². The molecular formula is C38H62N4. The quantitative estimate of drug-likeness (QED) is 0.155. The molecule has 234 valence electrons. The van der Waals surface area contributed by atoms with Gasteiger partial charge in [-0.2, -0.15) is 0 Å². The summed E-state index contributed by atoms with van der Waals surface area (Å²) in [6.07, 6.45) is 4.28. The van der Waals surface area contributed by atoms with Crippen LogP contribution in [0.4, 0.5) is 11.4 Å². The van der Waals surface area contributed by atoms with Crippen LogP contribution >= 0.6 is 0 Å². The molecule has 2 aromatic carbocycles. The summed E-state index contributed by atoms with van der Waals surface area (Å²) in [5.74, 6) is 1.42. The van der Waals surface area contributed by atoms with E-state index in [1.165, 1.54) is 39.3 Å². The number of hydrogen-bond donors (Lipinski definition) is 2. The molecule has 0 saturated heterocycles. The number of hydrogen-bond acceptors (Lipinski definition) is 4. The van der Waals surface area contributed by atoms with Gasteiger partial charge in [0, 0.05) is 35.9 Å². The van der Waals surface area contributed by atoms with Crippen LogP contribution in [0, 0.1) is 6.92 Å². The van der Waals surface area contributed by atoms with Crippen LogP contribution in [0.25, 0.3) is 0 Å². The Labute approximate surface area is 259 Å². The summed E-state index contributed by atoms with van der Waals surface area (Å²) in [7, 11) is 0. The fourth-order valence-electron chi connectivity index (χ4n) is 5.64. The number of nitrogens with one attached hydrogen (secondary N) is 2. The number of anilines is 2. The molecule has 4 heteroatoms. The summed E-state index contributed by atoms with van der Waals surface area (Å²) in [6, 6.07) is 13.3. The van der Waals surface area contributed by atoms with Crippen molar-refractivity contribution in [2.24, 2.45) is 9.98 Å². The minimum atomic E-state index is -0.208. The maximum absolute atomic E-state index is 5.09. The van der Waals surface area contributed by atoms with Crippen molar-refractivity contribution in [3.8, 4) is 0 Å². The number of para-hydroxylation sites is 2. The molecule has 0 radical (unpaired) electrons. The van der Waals surface area contributed by atoms with Crippen LogP contribution in [-0.4, -0.2) is 35.6 Å². The molecule has 0 bridgehead atoms. The van der Waals surface area contributed by atoms with Crippen molar-refractivity contribution in [1.29, 1.82) is 0 Å². The second kappa shape index (κ2) is 15.7. The first-order valence-electron chi connectivity index (χ1n) is 16.5. The molecule has 0 aliphatic carbocycles. The average molecular weight is 575 g/mol. The van der Waals surface area contributed by atoms with Gasteiger partial charge in [-0.15, -0.1) is 0 Å². The first-order chi connectivity index (χ1) is 19.6. The highest BCUT2D eigenvalue weighted by atomic mass is 15.0. The molecule has 2 N–H and O–H groups in total. The van der Waals surface area contributed by atoms with Crippen molar-refractivity contribution < 1.29 is 0 Å². The first kappa shape index (κ1) is 35.6. The third-order valence-electron chi connectivity index (χ3n) is 8.60. The SMILES string of the molecule is CCC(=NCCCCCN=C(C)C(C)(C)Nc1c(C(C)C)cccc1C(C)C)C(C)(C)Nc1c(C)cccc1C(C)C. The first-order valence-corrected chi connectivity index (χ1v) is 16.5. The van der Waals surface area contributed by atoms with Crippen molar-refractivity contribution >= 4 is 22.8 Å². The molecule has 0 fully saturated rings. The highest BCUT2D eigenvalue weighted by Crippen LogP contribution is 2.35. The van der Waals surface area contributed by atoms with E-state index in [0.717, 1.165) is 44.5 Å². The Balaban J connectivity index is 1.96. The second-order valence-electron chi connectivity index (χ2n) is 14.0. The summed E-state index contributed by atoms with van der Waals surface area (Å²) < 4.78 is 0. The Morgan fingerprint density at radius 1 is 0.667 bits per heavy atom. The number of nitrogens with zero attached hydrogens (tertiary/aromatic N) is 2.